The highest BCUT2D eigenvalue weighted by Crippen LogP contribution is 2.26. The summed E-state index contributed by atoms with van der Waals surface area (Å²) in [6.07, 6.45) is 0. The minimum Gasteiger partial charge on any atom is -0.478 e. The molecule has 1 aromatic carbocycles. The first kappa shape index (κ1) is 14.4. The summed E-state index contributed by atoms with van der Waals surface area (Å²) in [4.78, 5) is 25.0. The van der Waals surface area contributed by atoms with Crippen molar-refractivity contribution >= 4 is 23.2 Å². The Morgan fingerprint density at radius 1 is 1.38 bits per heavy atom. The van der Waals surface area contributed by atoms with E-state index in [2.05, 4.69) is 10.3 Å². The number of anilines is 2. The number of carboxylic acids is 1. The van der Waals surface area contributed by atoms with Crippen LogP contribution in [0, 0.1) is 22.9 Å². The first-order chi connectivity index (χ1) is 9.88. The van der Waals surface area contributed by atoms with Gasteiger partial charge in [-0.15, -0.1) is 0 Å². The highest BCUT2D eigenvalue weighted by Gasteiger charge is 2.17. The summed E-state index contributed by atoms with van der Waals surface area (Å²) >= 11 is 0. The maximum atomic E-state index is 13.6. The Hall–Kier alpha value is -3.03. The van der Waals surface area contributed by atoms with Gasteiger partial charge in [-0.25, -0.2) is 14.2 Å². The fourth-order valence-corrected chi connectivity index (χ4v) is 1.69. The molecule has 108 valence electrons. The van der Waals surface area contributed by atoms with Gasteiger partial charge in [-0.05, 0) is 31.2 Å². The van der Waals surface area contributed by atoms with Crippen LogP contribution in [0.3, 0.4) is 0 Å². The Balaban J connectivity index is 2.38. The van der Waals surface area contributed by atoms with Crippen molar-refractivity contribution in [2.75, 3.05) is 5.32 Å². The van der Waals surface area contributed by atoms with Gasteiger partial charge in [-0.1, -0.05) is 0 Å². The number of nitrogens with one attached hydrogen (secondary N) is 1. The van der Waals surface area contributed by atoms with Crippen molar-refractivity contribution in [1.82, 2.24) is 4.98 Å². The molecule has 1 heterocycles. The zero-order valence-electron chi connectivity index (χ0n) is 10.8. The normalized spacial score (nSPS) is 10.2. The van der Waals surface area contributed by atoms with E-state index in [1.54, 1.807) is 6.92 Å². The lowest BCUT2D eigenvalue weighted by Crippen LogP contribution is -2.03. The summed E-state index contributed by atoms with van der Waals surface area (Å²) < 4.78 is 13.6. The average molecular weight is 291 g/mol. The number of pyridine rings is 1. The van der Waals surface area contributed by atoms with Crippen LogP contribution in [0.2, 0.25) is 0 Å². The smallest absolute Gasteiger partial charge is 0.338 e. The number of aryl methyl sites for hydroxylation is 1. The maximum Gasteiger partial charge on any atom is 0.338 e. The fraction of sp³-hybridized carbons (Fsp3) is 0.0769. The molecule has 0 unspecified atom stereocenters. The average Bonchev–Trinajstić information content (AvgIpc) is 2.37. The summed E-state index contributed by atoms with van der Waals surface area (Å²) in [5.41, 5.74) is -0.0278. The van der Waals surface area contributed by atoms with E-state index in [0.29, 0.717) is 5.69 Å². The number of benzene rings is 1. The van der Waals surface area contributed by atoms with Crippen LogP contribution < -0.4 is 5.32 Å². The number of aromatic nitrogens is 1. The van der Waals surface area contributed by atoms with Crippen LogP contribution in [0.1, 0.15) is 16.1 Å². The standard InChI is InChI=1S/C13H10FN3O4/c1-7-2-5-11(17(20)21)12(15-7)16-8-3-4-9(13(18)19)10(14)6-8/h2-6H,1H3,(H,15,16)(H,18,19). The van der Waals surface area contributed by atoms with Gasteiger partial charge in [0.25, 0.3) is 0 Å². The number of carbonyl (C=O) groups is 1. The largest absolute Gasteiger partial charge is 0.478 e. The second kappa shape index (κ2) is 5.53. The van der Waals surface area contributed by atoms with Crippen molar-refractivity contribution in [3.05, 3.63) is 57.5 Å². The number of halogens is 1. The van der Waals surface area contributed by atoms with Crippen molar-refractivity contribution in [3.63, 3.8) is 0 Å². The lowest BCUT2D eigenvalue weighted by Gasteiger charge is -2.08. The van der Waals surface area contributed by atoms with Crippen molar-refractivity contribution < 1.29 is 19.2 Å². The van der Waals surface area contributed by atoms with Crippen molar-refractivity contribution in [1.29, 1.82) is 0 Å². The van der Waals surface area contributed by atoms with Gasteiger partial charge in [-0.3, -0.25) is 10.1 Å². The molecule has 1 aromatic heterocycles. The Morgan fingerprint density at radius 2 is 2.10 bits per heavy atom. The topological polar surface area (TPSA) is 105 Å². The van der Waals surface area contributed by atoms with E-state index in [9.17, 15) is 19.3 Å². The number of hydrogen-bond donors (Lipinski definition) is 2. The third kappa shape index (κ3) is 3.11. The van der Waals surface area contributed by atoms with Crippen LogP contribution in [0.15, 0.2) is 30.3 Å². The molecule has 0 amide bonds. The van der Waals surface area contributed by atoms with E-state index in [1.807, 2.05) is 0 Å². The van der Waals surface area contributed by atoms with Gasteiger partial charge in [0.05, 0.1) is 10.5 Å². The lowest BCUT2D eigenvalue weighted by molar-refractivity contribution is -0.384. The number of nitro groups is 1. The van der Waals surface area contributed by atoms with Gasteiger partial charge in [-0.2, -0.15) is 0 Å². The second-order valence-electron chi connectivity index (χ2n) is 4.20. The molecule has 0 aliphatic heterocycles. The number of hydrogen-bond acceptors (Lipinski definition) is 5. The van der Waals surface area contributed by atoms with Crippen LogP contribution in [0.25, 0.3) is 0 Å². The van der Waals surface area contributed by atoms with Crippen LogP contribution in [-0.4, -0.2) is 21.0 Å². The van der Waals surface area contributed by atoms with E-state index in [-0.39, 0.29) is 17.2 Å². The Bertz CT molecular complexity index is 733. The van der Waals surface area contributed by atoms with Crippen LogP contribution >= 0.6 is 0 Å². The molecule has 0 saturated carbocycles. The second-order valence-corrected chi connectivity index (χ2v) is 4.20. The van der Waals surface area contributed by atoms with Crippen molar-refractivity contribution in [2.24, 2.45) is 0 Å². The SMILES string of the molecule is Cc1ccc([N+](=O)[O-])c(Nc2ccc(C(=O)O)c(F)c2)n1. The van der Waals surface area contributed by atoms with E-state index in [1.165, 1.54) is 18.2 Å². The van der Waals surface area contributed by atoms with Gasteiger partial charge in [0.15, 0.2) is 0 Å². The molecule has 0 radical (unpaired) electrons. The van der Waals surface area contributed by atoms with Gasteiger partial charge in [0.2, 0.25) is 5.82 Å². The van der Waals surface area contributed by atoms with Gasteiger partial charge in [0.1, 0.15) is 5.82 Å². The summed E-state index contributed by atoms with van der Waals surface area (Å²) in [6, 6.07) is 6.09. The number of aromatic carboxylic acids is 1. The molecule has 0 fully saturated rings. The molecule has 8 heteroatoms. The zero-order valence-corrected chi connectivity index (χ0v) is 10.8. The van der Waals surface area contributed by atoms with E-state index in [0.717, 1.165) is 12.1 Å². The van der Waals surface area contributed by atoms with E-state index >= 15 is 0 Å². The Morgan fingerprint density at radius 3 is 2.67 bits per heavy atom. The van der Waals surface area contributed by atoms with Gasteiger partial charge >= 0.3 is 11.7 Å². The van der Waals surface area contributed by atoms with Gasteiger partial charge < -0.3 is 10.4 Å². The van der Waals surface area contributed by atoms with Crippen molar-refractivity contribution in [2.45, 2.75) is 6.92 Å². The monoisotopic (exact) mass is 291 g/mol. The molecule has 2 rings (SSSR count). The molecule has 0 aliphatic rings. The van der Waals surface area contributed by atoms with E-state index in [4.69, 9.17) is 5.11 Å². The summed E-state index contributed by atoms with van der Waals surface area (Å²) in [7, 11) is 0. The summed E-state index contributed by atoms with van der Waals surface area (Å²) in [5, 5.41) is 22.3. The molecule has 0 bridgehead atoms. The molecular weight excluding hydrogens is 281 g/mol. The molecule has 21 heavy (non-hydrogen) atoms. The third-order valence-electron chi connectivity index (χ3n) is 2.67. The Kier molecular flexibility index (Phi) is 3.79. The molecule has 0 spiro atoms. The third-order valence-corrected chi connectivity index (χ3v) is 2.67. The fourth-order valence-electron chi connectivity index (χ4n) is 1.69. The molecule has 0 saturated heterocycles. The summed E-state index contributed by atoms with van der Waals surface area (Å²) in [5.74, 6) is -2.37. The first-order valence-electron chi connectivity index (χ1n) is 5.80. The molecule has 2 N–H and O–H groups in total. The molecule has 0 atom stereocenters. The molecular formula is C13H10FN3O4. The highest BCUT2D eigenvalue weighted by molar-refractivity contribution is 5.88. The highest BCUT2D eigenvalue weighted by atomic mass is 19.1. The minimum atomic E-state index is -1.39. The van der Waals surface area contributed by atoms with Gasteiger partial charge in [0, 0.05) is 17.4 Å². The zero-order chi connectivity index (χ0) is 15.6. The molecule has 0 aliphatic carbocycles. The summed E-state index contributed by atoms with van der Waals surface area (Å²) in [6.45, 7) is 1.66. The van der Waals surface area contributed by atoms with E-state index < -0.39 is 22.3 Å². The Labute approximate surface area is 118 Å². The predicted octanol–water partition coefficient (Wildman–Crippen LogP) is 2.88. The number of nitrogens with zero attached hydrogens (tertiary/aromatic N) is 2. The quantitative estimate of drug-likeness (QED) is 0.662. The van der Waals surface area contributed by atoms with Crippen LogP contribution in [0.4, 0.5) is 21.6 Å². The maximum absolute atomic E-state index is 13.6. The van der Waals surface area contributed by atoms with Crippen molar-refractivity contribution in [3.8, 4) is 0 Å². The van der Waals surface area contributed by atoms with Crippen LogP contribution in [0.5, 0.6) is 0 Å². The number of carboxylic acid groups (broad SMARTS) is 1. The molecule has 2 aromatic rings. The minimum absolute atomic E-state index is 0.0394. The predicted molar refractivity (Wildman–Crippen MR) is 72.3 cm³/mol. The van der Waals surface area contributed by atoms with Crippen LogP contribution in [-0.2, 0) is 0 Å². The number of rotatable bonds is 4. The lowest BCUT2D eigenvalue weighted by atomic mass is 10.2. The molecule has 7 nitrogen and oxygen atoms in total. The first-order valence-corrected chi connectivity index (χ1v) is 5.80.